The van der Waals surface area contributed by atoms with Crippen LogP contribution in [-0.2, 0) is 10.0 Å². The molecule has 1 amide bonds. The van der Waals surface area contributed by atoms with Crippen LogP contribution in [0.1, 0.15) is 37.6 Å². The van der Waals surface area contributed by atoms with Crippen molar-refractivity contribution in [1.82, 2.24) is 10.0 Å². The molecular formula is C15H24N2O4S. The van der Waals surface area contributed by atoms with E-state index >= 15 is 0 Å². The maximum atomic E-state index is 12.2. The molecule has 1 rings (SSSR count). The molecule has 0 spiro atoms. The first kappa shape index (κ1) is 18.4. The zero-order valence-electron chi connectivity index (χ0n) is 13.5. The molecule has 0 aliphatic heterocycles. The van der Waals surface area contributed by atoms with E-state index in [1.807, 2.05) is 0 Å². The second-order valence-electron chi connectivity index (χ2n) is 5.31. The van der Waals surface area contributed by atoms with Crippen LogP contribution >= 0.6 is 0 Å². The van der Waals surface area contributed by atoms with E-state index in [4.69, 9.17) is 4.74 Å². The number of hydrogen-bond acceptors (Lipinski definition) is 4. The smallest absolute Gasteiger partial charge is 0.251 e. The Bertz CT molecular complexity index is 612. The normalized spacial score (nSPS) is 11.5. The van der Waals surface area contributed by atoms with Crippen molar-refractivity contribution in [2.45, 2.75) is 32.1 Å². The number of benzene rings is 1. The predicted molar refractivity (Wildman–Crippen MR) is 85.6 cm³/mol. The van der Waals surface area contributed by atoms with Gasteiger partial charge in [-0.05, 0) is 30.5 Å². The SMILES string of the molecule is CCNS(=O)(=O)c1cc(C(=O)NCCC(C)C)ccc1OC. The minimum atomic E-state index is -3.70. The van der Waals surface area contributed by atoms with E-state index in [-0.39, 0.29) is 23.1 Å². The Morgan fingerprint density at radius 2 is 2.00 bits per heavy atom. The molecule has 0 aliphatic rings. The molecular weight excluding hydrogens is 304 g/mol. The first-order chi connectivity index (χ1) is 10.3. The molecule has 7 heteroatoms. The van der Waals surface area contributed by atoms with Crippen LogP contribution < -0.4 is 14.8 Å². The predicted octanol–water partition coefficient (Wildman–Crippen LogP) is 1.77. The Morgan fingerprint density at radius 3 is 2.55 bits per heavy atom. The van der Waals surface area contributed by atoms with Gasteiger partial charge >= 0.3 is 0 Å². The van der Waals surface area contributed by atoms with Gasteiger partial charge in [0.05, 0.1) is 7.11 Å². The Balaban J connectivity index is 3.02. The van der Waals surface area contributed by atoms with Crippen molar-refractivity contribution in [2.24, 2.45) is 5.92 Å². The van der Waals surface area contributed by atoms with Gasteiger partial charge in [-0.1, -0.05) is 20.8 Å². The van der Waals surface area contributed by atoms with Gasteiger partial charge in [0.1, 0.15) is 10.6 Å². The molecule has 0 saturated carbocycles. The number of carbonyl (C=O) groups excluding carboxylic acids is 1. The van der Waals surface area contributed by atoms with Gasteiger partial charge < -0.3 is 10.1 Å². The lowest BCUT2D eigenvalue weighted by Gasteiger charge is -2.12. The van der Waals surface area contributed by atoms with Crippen molar-refractivity contribution < 1.29 is 17.9 Å². The molecule has 0 atom stereocenters. The third-order valence-corrected chi connectivity index (χ3v) is 4.62. The molecule has 0 heterocycles. The highest BCUT2D eigenvalue weighted by molar-refractivity contribution is 7.89. The summed E-state index contributed by atoms with van der Waals surface area (Å²) < 4.78 is 31.8. The molecule has 6 nitrogen and oxygen atoms in total. The third kappa shape index (κ3) is 4.99. The fourth-order valence-corrected chi connectivity index (χ4v) is 3.11. The highest BCUT2D eigenvalue weighted by atomic mass is 32.2. The highest BCUT2D eigenvalue weighted by Gasteiger charge is 2.20. The molecule has 1 aromatic rings. The number of nitrogens with one attached hydrogen (secondary N) is 2. The van der Waals surface area contributed by atoms with Crippen LogP contribution in [0.2, 0.25) is 0 Å². The largest absolute Gasteiger partial charge is 0.495 e. The Hall–Kier alpha value is -1.60. The lowest BCUT2D eigenvalue weighted by Crippen LogP contribution is -2.27. The molecule has 22 heavy (non-hydrogen) atoms. The van der Waals surface area contributed by atoms with Crippen molar-refractivity contribution in [1.29, 1.82) is 0 Å². The number of sulfonamides is 1. The molecule has 0 bridgehead atoms. The van der Waals surface area contributed by atoms with E-state index in [9.17, 15) is 13.2 Å². The van der Waals surface area contributed by atoms with Gasteiger partial charge in [-0.3, -0.25) is 4.79 Å². The van der Waals surface area contributed by atoms with E-state index in [0.29, 0.717) is 18.0 Å². The number of hydrogen-bond donors (Lipinski definition) is 2. The summed E-state index contributed by atoms with van der Waals surface area (Å²) in [4.78, 5) is 12.1. The zero-order chi connectivity index (χ0) is 16.8. The molecule has 0 aliphatic carbocycles. The van der Waals surface area contributed by atoms with Gasteiger partial charge in [-0.2, -0.15) is 0 Å². The average Bonchev–Trinajstić information content (AvgIpc) is 2.46. The fraction of sp³-hybridized carbons (Fsp3) is 0.533. The van der Waals surface area contributed by atoms with E-state index in [0.717, 1.165) is 6.42 Å². The Morgan fingerprint density at radius 1 is 1.32 bits per heavy atom. The van der Waals surface area contributed by atoms with E-state index in [2.05, 4.69) is 23.9 Å². The molecule has 1 aromatic carbocycles. The number of rotatable bonds is 8. The van der Waals surface area contributed by atoms with Crippen LogP contribution in [0, 0.1) is 5.92 Å². The highest BCUT2D eigenvalue weighted by Crippen LogP contribution is 2.24. The summed E-state index contributed by atoms with van der Waals surface area (Å²) in [6, 6.07) is 4.37. The van der Waals surface area contributed by atoms with E-state index < -0.39 is 10.0 Å². The molecule has 0 radical (unpaired) electrons. The summed E-state index contributed by atoms with van der Waals surface area (Å²) in [5.74, 6) is 0.400. The molecule has 0 unspecified atom stereocenters. The minimum Gasteiger partial charge on any atom is -0.495 e. The van der Waals surface area contributed by atoms with Crippen LogP contribution in [0.5, 0.6) is 5.75 Å². The molecule has 2 N–H and O–H groups in total. The summed E-state index contributed by atoms with van der Waals surface area (Å²) in [5.41, 5.74) is 0.293. The van der Waals surface area contributed by atoms with Crippen molar-refractivity contribution in [3.8, 4) is 5.75 Å². The van der Waals surface area contributed by atoms with Gasteiger partial charge in [-0.25, -0.2) is 13.1 Å². The third-order valence-electron chi connectivity index (χ3n) is 3.06. The number of ether oxygens (including phenoxy) is 1. The standard InChI is InChI=1S/C15H24N2O4S/c1-5-17-22(19,20)14-10-12(6-7-13(14)21-4)15(18)16-9-8-11(2)3/h6-7,10-11,17H,5,8-9H2,1-4H3,(H,16,18). The maximum absolute atomic E-state index is 12.2. The van der Waals surface area contributed by atoms with E-state index in [1.54, 1.807) is 13.0 Å². The molecule has 0 aromatic heterocycles. The van der Waals surface area contributed by atoms with E-state index in [1.165, 1.54) is 19.2 Å². The van der Waals surface area contributed by atoms with Crippen molar-refractivity contribution >= 4 is 15.9 Å². The van der Waals surface area contributed by atoms with Gasteiger partial charge in [0.15, 0.2) is 0 Å². The molecule has 124 valence electrons. The summed E-state index contributed by atoms with van der Waals surface area (Å²) in [6.07, 6.45) is 0.866. The lowest BCUT2D eigenvalue weighted by atomic mass is 10.1. The molecule has 0 fully saturated rings. The topological polar surface area (TPSA) is 84.5 Å². The Labute approximate surface area is 132 Å². The zero-order valence-corrected chi connectivity index (χ0v) is 14.3. The van der Waals surface area contributed by atoms with Crippen molar-refractivity contribution in [3.63, 3.8) is 0 Å². The van der Waals surface area contributed by atoms with Crippen LogP contribution in [0.4, 0.5) is 0 Å². The summed E-state index contributed by atoms with van der Waals surface area (Å²) in [5, 5.41) is 2.78. The van der Waals surface area contributed by atoms with Crippen LogP contribution in [-0.4, -0.2) is 34.5 Å². The second kappa shape index (κ2) is 8.14. The summed E-state index contributed by atoms with van der Waals surface area (Å²) in [7, 11) is -2.31. The Kier molecular flexibility index (Phi) is 6.83. The summed E-state index contributed by atoms with van der Waals surface area (Å²) in [6.45, 7) is 6.64. The van der Waals surface area contributed by atoms with Gasteiger partial charge in [0, 0.05) is 18.7 Å². The number of carbonyl (C=O) groups is 1. The van der Waals surface area contributed by atoms with Crippen LogP contribution in [0.25, 0.3) is 0 Å². The first-order valence-electron chi connectivity index (χ1n) is 7.27. The summed E-state index contributed by atoms with van der Waals surface area (Å²) >= 11 is 0. The average molecular weight is 328 g/mol. The number of methoxy groups -OCH3 is 1. The first-order valence-corrected chi connectivity index (χ1v) is 8.76. The van der Waals surface area contributed by atoms with Crippen molar-refractivity contribution in [2.75, 3.05) is 20.2 Å². The molecule has 0 saturated heterocycles. The monoisotopic (exact) mass is 328 g/mol. The maximum Gasteiger partial charge on any atom is 0.251 e. The van der Waals surface area contributed by atoms with Gasteiger partial charge in [-0.15, -0.1) is 0 Å². The second-order valence-corrected chi connectivity index (χ2v) is 7.04. The van der Waals surface area contributed by atoms with Gasteiger partial charge in [0.2, 0.25) is 10.0 Å². The fourth-order valence-electron chi connectivity index (χ4n) is 1.87. The van der Waals surface area contributed by atoms with Gasteiger partial charge in [0.25, 0.3) is 5.91 Å². The van der Waals surface area contributed by atoms with Crippen molar-refractivity contribution in [3.05, 3.63) is 23.8 Å². The lowest BCUT2D eigenvalue weighted by molar-refractivity contribution is 0.0951. The number of amides is 1. The minimum absolute atomic E-state index is 0.0339. The van der Waals surface area contributed by atoms with Crippen LogP contribution in [0.3, 0.4) is 0 Å². The van der Waals surface area contributed by atoms with Crippen LogP contribution in [0.15, 0.2) is 23.1 Å². The quantitative estimate of drug-likeness (QED) is 0.762.